The first-order valence-corrected chi connectivity index (χ1v) is 9.25. The number of aryl methyl sites for hydroxylation is 1. The van der Waals surface area contributed by atoms with Crippen molar-refractivity contribution in [2.45, 2.75) is 18.6 Å². The summed E-state index contributed by atoms with van der Waals surface area (Å²) in [5, 5.41) is 3.74. The highest BCUT2D eigenvalue weighted by atomic mass is 35.5. The maximum absolute atomic E-state index is 12.6. The maximum atomic E-state index is 12.6. The lowest BCUT2D eigenvalue weighted by Gasteiger charge is -2.16. The molecule has 2 atom stereocenters. The normalized spacial score (nSPS) is 21.6. The molecule has 24 heavy (non-hydrogen) atoms. The summed E-state index contributed by atoms with van der Waals surface area (Å²) in [5.41, 5.74) is 7.69. The zero-order valence-corrected chi connectivity index (χ0v) is 15.1. The number of aromatic nitrogens is 1. The lowest BCUT2D eigenvalue weighted by atomic mass is 9.89. The van der Waals surface area contributed by atoms with Crippen molar-refractivity contribution in [2.75, 3.05) is 19.6 Å². The van der Waals surface area contributed by atoms with Gasteiger partial charge in [0, 0.05) is 25.1 Å². The van der Waals surface area contributed by atoms with Gasteiger partial charge in [0.25, 0.3) is 0 Å². The van der Waals surface area contributed by atoms with E-state index in [2.05, 4.69) is 5.16 Å². The quantitative estimate of drug-likeness (QED) is 0.867. The maximum Gasteiger partial charge on any atom is 0.221 e. The number of halogens is 1. The van der Waals surface area contributed by atoms with Crippen LogP contribution in [-0.4, -0.2) is 37.5 Å². The largest absolute Gasteiger partial charge is 0.360 e. The van der Waals surface area contributed by atoms with Crippen LogP contribution in [-0.2, 0) is 15.8 Å². The Hall–Kier alpha value is -1.41. The second kappa shape index (κ2) is 7.65. The topological polar surface area (TPSA) is 89.4 Å². The number of nitrogens with zero attached hydrogens (tertiary/aromatic N) is 2. The summed E-state index contributed by atoms with van der Waals surface area (Å²) in [4.78, 5) is 0. The lowest BCUT2D eigenvalue weighted by molar-refractivity contribution is 0.384. The van der Waals surface area contributed by atoms with Gasteiger partial charge < -0.3 is 10.3 Å². The van der Waals surface area contributed by atoms with Crippen molar-refractivity contribution in [2.24, 2.45) is 11.7 Å². The number of hydrogen-bond acceptors (Lipinski definition) is 5. The number of nitrogens with two attached hydrogens (primary N) is 1. The third-order valence-electron chi connectivity index (χ3n) is 4.33. The Balaban J connectivity index is 0.00000208. The summed E-state index contributed by atoms with van der Waals surface area (Å²) < 4.78 is 31.9. The van der Waals surface area contributed by atoms with Crippen molar-refractivity contribution in [1.82, 2.24) is 9.46 Å². The number of sulfonamides is 1. The fourth-order valence-electron chi connectivity index (χ4n) is 3.13. The van der Waals surface area contributed by atoms with Crippen LogP contribution in [0.1, 0.15) is 22.9 Å². The molecule has 2 N–H and O–H groups in total. The van der Waals surface area contributed by atoms with E-state index in [9.17, 15) is 8.42 Å². The predicted molar refractivity (Wildman–Crippen MR) is 94.4 cm³/mol. The molecule has 2 heterocycles. The molecule has 6 nitrogen and oxygen atoms in total. The minimum absolute atomic E-state index is 0. The van der Waals surface area contributed by atoms with Crippen molar-refractivity contribution in [1.29, 1.82) is 0 Å². The van der Waals surface area contributed by atoms with E-state index in [1.54, 1.807) is 13.0 Å². The molecule has 1 fully saturated rings. The molecule has 2 aromatic rings. The molecule has 132 valence electrons. The standard InChI is InChI=1S/C16H21N3O3S.ClH/c1-12-7-15(22-18-12)11-23(20,21)19-9-14(8-17)16(10-19)13-5-3-2-4-6-13;/h2-7,14,16H,8-11,17H2,1H3;1H/t14-,16+;/m1./s1. The monoisotopic (exact) mass is 371 g/mol. The molecule has 0 aliphatic carbocycles. The van der Waals surface area contributed by atoms with Crippen LogP contribution in [0.4, 0.5) is 0 Å². The van der Waals surface area contributed by atoms with Crippen molar-refractivity contribution < 1.29 is 12.9 Å². The predicted octanol–water partition coefficient (Wildman–Crippen LogP) is 1.91. The van der Waals surface area contributed by atoms with Crippen molar-refractivity contribution in [3.8, 4) is 0 Å². The van der Waals surface area contributed by atoms with Gasteiger partial charge in [-0.1, -0.05) is 35.5 Å². The Labute approximate surface area is 148 Å². The van der Waals surface area contributed by atoms with Crippen LogP contribution >= 0.6 is 12.4 Å². The van der Waals surface area contributed by atoms with Crippen LogP contribution in [0.3, 0.4) is 0 Å². The van der Waals surface area contributed by atoms with Gasteiger partial charge in [-0.3, -0.25) is 0 Å². The first kappa shape index (κ1) is 18.9. The molecular formula is C16H22ClN3O3S. The lowest BCUT2D eigenvalue weighted by Crippen LogP contribution is -2.31. The van der Waals surface area contributed by atoms with Gasteiger partial charge in [-0.15, -0.1) is 12.4 Å². The molecule has 0 saturated carbocycles. The first-order chi connectivity index (χ1) is 11.0. The van der Waals surface area contributed by atoms with Gasteiger partial charge in [0.1, 0.15) is 5.75 Å². The molecule has 0 amide bonds. The van der Waals surface area contributed by atoms with Crippen molar-refractivity contribution >= 4 is 22.4 Å². The zero-order valence-electron chi connectivity index (χ0n) is 13.5. The van der Waals surface area contributed by atoms with E-state index in [1.165, 1.54) is 4.31 Å². The molecule has 1 saturated heterocycles. The summed E-state index contributed by atoms with van der Waals surface area (Å²) in [5.74, 6) is 0.471. The van der Waals surface area contributed by atoms with Crippen molar-refractivity contribution in [3.63, 3.8) is 0 Å². The number of hydrogen-bond donors (Lipinski definition) is 1. The molecule has 3 rings (SSSR count). The molecule has 0 spiro atoms. The third-order valence-corrected chi connectivity index (χ3v) is 6.07. The van der Waals surface area contributed by atoms with Crippen LogP contribution < -0.4 is 5.73 Å². The third kappa shape index (κ3) is 3.97. The highest BCUT2D eigenvalue weighted by Crippen LogP contribution is 2.34. The van der Waals surface area contributed by atoms with Gasteiger partial charge in [-0.2, -0.15) is 0 Å². The molecule has 1 aromatic heterocycles. The molecule has 8 heteroatoms. The van der Waals surface area contributed by atoms with Gasteiger partial charge >= 0.3 is 0 Å². The summed E-state index contributed by atoms with van der Waals surface area (Å²) >= 11 is 0. The molecule has 1 aromatic carbocycles. The van der Waals surface area contributed by atoms with Crippen LogP contribution in [0.15, 0.2) is 40.9 Å². The van der Waals surface area contributed by atoms with Gasteiger partial charge in [0.2, 0.25) is 10.0 Å². The molecule has 1 aliphatic rings. The Kier molecular flexibility index (Phi) is 6.03. The van der Waals surface area contributed by atoms with Crippen LogP contribution in [0.25, 0.3) is 0 Å². The molecule has 0 bridgehead atoms. The molecule has 1 aliphatic heterocycles. The smallest absolute Gasteiger partial charge is 0.221 e. The fourth-order valence-corrected chi connectivity index (χ4v) is 4.62. The second-order valence-electron chi connectivity index (χ2n) is 6.02. The fraction of sp³-hybridized carbons (Fsp3) is 0.438. The van der Waals surface area contributed by atoms with E-state index in [1.807, 2.05) is 30.3 Å². The van der Waals surface area contributed by atoms with Gasteiger partial charge in [-0.05, 0) is 24.9 Å². The van der Waals surface area contributed by atoms with Crippen LogP contribution in [0, 0.1) is 12.8 Å². The number of benzene rings is 1. The van der Waals surface area contributed by atoms with Gasteiger partial charge in [0.15, 0.2) is 5.76 Å². The van der Waals surface area contributed by atoms with E-state index < -0.39 is 10.0 Å². The van der Waals surface area contributed by atoms with Crippen LogP contribution in [0.5, 0.6) is 0 Å². The molecular weight excluding hydrogens is 350 g/mol. The van der Waals surface area contributed by atoms with E-state index in [0.29, 0.717) is 31.1 Å². The summed E-state index contributed by atoms with van der Waals surface area (Å²) in [6, 6.07) is 11.6. The van der Waals surface area contributed by atoms with E-state index in [4.69, 9.17) is 10.3 Å². The second-order valence-corrected chi connectivity index (χ2v) is 7.99. The van der Waals surface area contributed by atoms with E-state index in [0.717, 1.165) is 5.56 Å². The Morgan fingerprint density at radius 1 is 1.29 bits per heavy atom. The minimum Gasteiger partial charge on any atom is -0.360 e. The van der Waals surface area contributed by atoms with Crippen molar-refractivity contribution in [3.05, 3.63) is 53.4 Å². The Morgan fingerprint density at radius 3 is 2.58 bits per heavy atom. The van der Waals surface area contributed by atoms with Crippen LogP contribution in [0.2, 0.25) is 0 Å². The molecule has 0 unspecified atom stereocenters. The summed E-state index contributed by atoms with van der Waals surface area (Å²) in [6.07, 6.45) is 0. The summed E-state index contributed by atoms with van der Waals surface area (Å²) in [6.45, 7) is 3.14. The van der Waals surface area contributed by atoms with E-state index >= 15 is 0 Å². The Bertz CT molecular complexity index is 764. The van der Waals surface area contributed by atoms with E-state index in [-0.39, 0.29) is 30.0 Å². The average Bonchev–Trinajstić information content (AvgIpc) is 3.14. The molecule has 0 radical (unpaired) electrons. The zero-order chi connectivity index (χ0) is 16.4. The highest BCUT2D eigenvalue weighted by molar-refractivity contribution is 7.88. The Morgan fingerprint density at radius 2 is 2.00 bits per heavy atom. The first-order valence-electron chi connectivity index (χ1n) is 7.64. The van der Waals surface area contributed by atoms with Gasteiger partial charge in [0.05, 0.1) is 5.69 Å². The number of rotatable bonds is 5. The average molecular weight is 372 g/mol. The summed E-state index contributed by atoms with van der Waals surface area (Å²) in [7, 11) is -3.44. The van der Waals surface area contributed by atoms with Gasteiger partial charge in [-0.25, -0.2) is 12.7 Å². The SMILES string of the molecule is Cc1cc(CS(=O)(=O)N2C[C@@H](CN)[C@H](c3ccccc3)C2)on1.Cl. The highest BCUT2D eigenvalue weighted by Gasteiger charge is 2.39. The minimum atomic E-state index is -3.44.